The van der Waals surface area contributed by atoms with Crippen LogP contribution in [0.4, 0.5) is 15.8 Å². The average Bonchev–Trinajstić information content (AvgIpc) is 2.63. The van der Waals surface area contributed by atoms with Crippen LogP contribution in [0.2, 0.25) is 0 Å². The molecule has 0 unspecified atom stereocenters. The van der Waals surface area contributed by atoms with Crippen molar-refractivity contribution in [1.82, 2.24) is 4.90 Å². The van der Waals surface area contributed by atoms with Gasteiger partial charge in [-0.05, 0) is 42.0 Å². The molecule has 2 aliphatic rings. The van der Waals surface area contributed by atoms with Crippen LogP contribution in [0.3, 0.4) is 0 Å². The first-order valence-corrected chi connectivity index (χ1v) is 8.46. The third-order valence-electron chi connectivity index (χ3n) is 4.65. The lowest BCUT2D eigenvalue weighted by molar-refractivity contribution is -0.118. The Morgan fingerprint density at radius 3 is 2.56 bits per heavy atom. The summed E-state index contributed by atoms with van der Waals surface area (Å²) >= 11 is 0. The fourth-order valence-corrected chi connectivity index (χ4v) is 3.30. The standard InChI is InChI=1S/C19H20FN3O2/c20-15-2-4-16(5-3-15)23-9-7-22(8-10-23)12-14-1-6-18-17(11-14)21-19(24)13-25-18/h1-6,11H,7-10,12-13H2,(H,21,24). The first-order chi connectivity index (χ1) is 12.2. The van der Waals surface area contributed by atoms with Crippen molar-refractivity contribution in [2.75, 3.05) is 43.0 Å². The molecule has 1 N–H and O–H groups in total. The van der Waals surface area contributed by atoms with E-state index in [9.17, 15) is 9.18 Å². The normalized spacial score (nSPS) is 17.6. The highest BCUT2D eigenvalue weighted by atomic mass is 19.1. The summed E-state index contributed by atoms with van der Waals surface area (Å²) in [4.78, 5) is 16.1. The Labute approximate surface area is 146 Å². The van der Waals surface area contributed by atoms with Gasteiger partial charge in [-0.2, -0.15) is 0 Å². The number of halogens is 1. The third-order valence-corrected chi connectivity index (χ3v) is 4.65. The second kappa shape index (κ2) is 6.72. The van der Waals surface area contributed by atoms with Crippen molar-refractivity contribution < 1.29 is 13.9 Å². The fraction of sp³-hybridized carbons (Fsp3) is 0.316. The minimum absolute atomic E-state index is 0.0810. The van der Waals surface area contributed by atoms with Crippen LogP contribution in [0.5, 0.6) is 5.75 Å². The summed E-state index contributed by atoms with van der Waals surface area (Å²) in [6.07, 6.45) is 0. The number of fused-ring (bicyclic) bond motifs is 1. The molecule has 0 aliphatic carbocycles. The van der Waals surface area contributed by atoms with Crippen LogP contribution < -0.4 is 15.0 Å². The maximum atomic E-state index is 13.0. The monoisotopic (exact) mass is 341 g/mol. The first kappa shape index (κ1) is 15.9. The maximum absolute atomic E-state index is 13.0. The Kier molecular flexibility index (Phi) is 4.28. The van der Waals surface area contributed by atoms with Crippen LogP contribution in [-0.4, -0.2) is 43.6 Å². The summed E-state index contributed by atoms with van der Waals surface area (Å²) in [5, 5.41) is 2.85. The molecule has 2 heterocycles. The molecule has 2 aromatic carbocycles. The van der Waals surface area contributed by atoms with E-state index in [1.54, 1.807) is 0 Å². The van der Waals surface area contributed by atoms with Gasteiger partial charge in [0, 0.05) is 38.4 Å². The number of piperazine rings is 1. The molecule has 0 radical (unpaired) electrons. The van der Waals surface area contributed by atoms with Gasteiger partial charge in [0.15, 0.2) is 6.61 Å². The van der Waals surface area contributed by atoms with Crippen molar-refractivity contribution in [3.05, 3.63) is 53.8 Å². The Morgan fingerprint density at radius 2 is 1.80 bits per heavy atom. The van der Waals surface area contributed by atoms with Gasteiger partial charge >= 0.3 is 0 Å². The zero-order valence-corrected chi connectivity index (χ0v) is 13.9. The number of ether oxygens (including phenoxy) is 1. The van der Waals surface area contributed by atoms with Gasteiger partial charge in [-0.15, -0.1) is 0 Å². The van der Waals surface area contributed by atoms with Gasteiger partial charge in [-0.3, -0.25) is 9.69 Å². The van der Waals surface area contributed by atoms with Gasteiger partial charge in [0.1, 0.15) is 11.6 Å². The summed E-state index contributed by atoms with van der Waals surface area (Å²) in [6, 6.07) is 12.6. The zero-order chi connectivity index (χ0) is 17.2. The number of amides is 1. The first-order valence-electron chi connectivity index (χ1n) is 8.46. The molecule has 1 amide bonds. The van der Waals surface area contributed by atoms with E-state index in [-0.39, 0.29) is 18.3 Å². The number of carbonyl (C=O) groups excluding carboxylic acids is 1. The minimum Gasteiger partial charge on any atom is -0.482 e. The van der Waals surface area contributed by atoms with Crippen LogP contribution in [0.15, 0.2) is 42.5 Å². The molecule has 4 rings (SSSR count). The van der Waals surface area contributed by atoms with Crippen molar-refractivity contribution in [2.24, 2.45) is 0 Å². The number of carbonyl (C=O) groups is 1. The van der Waals surface area contributed by atoms with E-state index in [0.29, 0.717) is 0 Å². The van der Waals surface area contributed by atoms with Crippen molar-refractivity contribution in [1.29, 1.82) is 0 Å². The Hall–Kier alpha value is -2.60. The lowest BCUT2D eigenvalue weighted by Gasteiger charge is -2.36. The predicted octanol–water partition coefficient (Wildman–Crippen LogP) is 2.48. The zero-order valence-electron chi connectivity index (χ0n) is 13.9. The van der Waals surface area contributed by atoms with Gasteiger partial charge in [-0.25, -0.2) is 4.39 Å². The molecule has 0 saturated carbocycles. The molecule has 25 heavy (non-hydrogen) atoms. The summed E-state index contributed by atoms with van der Waals surface area (Å²) in [6.45, 7) is 4.62. The van der Waals surface area contributed by atoms with Gasteiger partial charge < -0.3 is 15.0 Å². The van der Waals surface area contributed by atoms with E-state index in [0.717, 1.165) is 55.4 Å². The van der Waals surface area contributed by atoms with Crippen LogP contribution in [0.1, 0.15) is 5.56 Å². The molecule has 130 valence electrons. The van der Waals surface area contributed by atoms with Crippen molar-refractivity contribution in [2.45, 2.75) is 6.54 Å². The SMILES string of the molecule is O=C1COc2ccc(CN3CCN(c4ccc(F)cc4)CC3)cc2N1. The Bertz CT molecular complexity index is 771. The molecule has 2 aromatic rings. The molecule has 6 heteroatoms. The molecule has 5 nitrogen and oxygen atoms in total. The summed E-state index contributed by atoms with van der Waals surface area (Å²) in [5.41, 5.74) is 2.97. The molecule has 1 saturated heterocycles. The number of anilines is 2. The number of hydrogen-bond donors (Lipinski definition) is 1. The van der Waals surface area contributed by atoms with E-state index >= 15 is 0 Å². The maximum Gasteiger partial charge on any atom is 0.262 e. The minimum atomic E-state index is -0.203. The van der Waals surface area contributed by atoms with E-state index in [1.807, 2.05) is 30.3 Å². The summed E-state index contributed by atoms with van der Waals surface area (Å²) < 4.78 is 18.4. The van der Waals surface area contributed by atoms with Gasteiger partial charge in [-0.1, -0.05) is 6.07 Å². The molecular weight excluding hydrogens is 321 g/mol. The van der Waals surface area contributed by atoms with E-state index in [2.05, 4.69) is 15.1 Å². The third kappa shape index (κ3) is 3.58. The van der Waals surface area contributed by atoms with Crippen LogP contribution in [0, 0.1) is 5.82 Å². The highest BCUT2D eigenvalue weighted by Gasteiger charge is 2.19. The Balaban J connectivity index is 1.36. The van der Waals surface area contributed by atoms with Crippen molar-refractivity contribution in [3.8, 4) is 5.75 Å². The van der Waals surface area contributed by atoms with Crippen LogP contribution >= 0.6 is 0 Å². The van der Waals surface area contributed by atoms with Crippen molar-refractivity contribution in [3.63, 3.8) is 0 Å². The second-order valence-corrected chi connectivity index (χ2v) is 6.41. The lowest BCUT2D eigenvalue weighted by Crippen LogP contribution is -2.46. The number of rotatable bonds is 3. The van der Waals surface area contributed by atoms with Gasteiger partial charge in [0.25, 0.3) is 5.91 Å². The second-order valence-electron chi connectivity index (χ2n) is 6.41. The number of nitrogens with zero attached hydrogens (tertiary/aromatic N) is 2. The smallest absolute Gasteiger partial charge is 0.262 e. The van der Waals surface area contributed by atoms with Gasteiger partial charge in [0.05, 0.1) is 5.69 Å². The fourth-order valence-electron chi connectivity index (χ4n) is 3.30. The van der Waals surface area contributed by atoms with E-state index in [1.165, 1.54) is 12.1 Å². The molecule has 1 fully saturated rings. The number of hydrogen-bond acceptors (Lipinski definition) is 4. The molecule has 2 aliphatic heterocycles. The highest BCUT2D eigenvalue weighted by molar-refractivity contribution is 5.95. The largest absolute Gasteiger partial charge is 0.482 e. The number of benzene rings is 2. The lowest BCUT2D eigenvalue weighted by atomic mass is 10.1. The molecule has 0 aromatic heterocycles. The summed E-state index contributed by atoms with van der Waals surface area (Å²) in [7, 11) is 0. The van der Waals surface area contributed by atoms with E-state index < -0.39 is 0 Å². The topological polar surface area (TPSA) is 44.8 Å². The number of nitrogens with one attached hydrogen (secondary N) is 1. The predicted molar refractivity (Wildman–Crippen MR) is 94.5 cm³/mol. The summed E-state index contributed by atoms with van der Waals surface area (Å²) in [5.74, 6) is 0.410. The Morgan fingerprint density at radius 1 is 1.04 bits per heavy atom. The van der Waals surface area contributed by atoms with E-state index in [4.69, 9.17) is 4.74 Å². The van der Waals surface area contributed by atoms with Crippen molar-refractivity contribution >= 4 is 17.3 Å². The highest BCUT2D eigenvalue weighted by Crippen LogP contribution is 2.29. The van der Waals surface area contributed by atoms with Crippen LogP contribution in [-0.2, 0) is 11.3 Å². The van der Waals surface area contributed by atoms with Gasteiger partial charge in [0.2, 0.25) is 0 Å². The molecular formula is C19H20FN3O2. The van der Waals surface area contributed by atoms with Crippen LogP contribution in [0.25, 0.3) is 0 Å². The quantitative estimate of drug-likeness (QED) is 0.932. The molecule has 0 atom stereocenters. The average molecular weight is 341 g/mol. The molecule has 0 spiro atoms. The molecule has 0 bridgehead atoms.